The van der Waals surface area contributed by atoms with Crippen molar-refractivity contribution in [1.29, 1.82) is 0 Å². The van der Waals surface area contributed by atoms with Gasteiger partial charge in [-0.25, -0.2) is 9.78 Å². The quantitative estimate of drug-likeness (QED) is 0.328. The Balaban J connectivity index is 1.47. The lowest BCUT2D eigenvalue weighted by molar-refractivity contribution is 0.0533. The number of carbonyl (C=O) groups is 1. The van der Waals surface area contributed by atoms with Gasteiger partial charge in [0.05, 0.1) is 13.2 Å². The zero-order valence-corrected chi connectivity index (χ0v) is 20.4. The Morgan fingerprint density at radius 1 is 1.29 bits per heavy atom. The summed E-state index contributed by atoms with van der Waals surface area (Å²) in [6.45, 7) is 5.25. The number of thiazole rings is 1. The zero-order chi connectivity index (χ0) is 23.9. The van der Waals surface area contributed by atoms with Crippen LogP contribution >= 0.6 is 11.3 Å². The first-order valence-electron chi connectivity index (χ1n) is 11.5. The highest BCUT2D eigenvalue weighted by atomic mass is 32.1. The molecule has 1 aliphatic rings. The number of nitrogens with one attached hydrogen (secondary N) is 1. The molecular weight excluding hydrogens is 450 g/mol. The molecule has 1 fully saturated rings. The molecule has 180 valence electrons. The van der Waals surface area contributed by atoms with Crippen LogP contribution in [0.3, 0.4) is 0 Å². The van der Waals surface area contributed by atoms with E-state index >= 15 is 0 Å². The van der Waals surface area contributed by atoms with Crippen LogP contribution in [-0.4, -0.2) is 53.7 Å². The molecule has 1 aromatic carbocycles. The maximum Gasteiger partial charge on any atom is 0.352 e. The normalized spacial score (nSPS) is 16.0. The molecule has 0 unspecified atom stereocenters. The van der Waals surface area contributed by atoms with E-state index in [0.29, 0.717) is 29.9 Å². The molecule has 1 aliphatic heterocycles. The maximum atomic E-state index is 12.5. The number of nitrogen functional groups attached to an aromatic ring is 1. The second kappa shape index (κ2) is 11.4. The van der Waals surface area contributed by atoms with Gasteiger partial charge in [0.1, 0.15) is 5.01 Å². The molecular formula is C25H31N5O3S. The Labute approximate surface area is 204 Å². The third kappa shape index (κ3) is 5.72. The standard InChI is InChI=1S/C25H31N5O3S/c1-3-33-25(31)22-23(29-24(34-22)18-8-10-27-11-9-18)28-14-19-7-6-17(13-21(19)26)15-30-12-4-5-20(30)16-32-2/h6-11,13,20,28H,3-5,12,14-16,26H2,1-2H3/t20-/m1/s1. The van der Waals surface area contributed by atoms with Crippen molar-refractivity contribution < 1.29 is 14.3 Å². The Morgan fingerprint density at radius 2 is 2.12 bits per heavy atom. The van der Waals surface area contributed by atoms with Gasteiger partial charge in [0, 0.05) is 49.9 Å². The van der Waals surface area contributed by atoms with Crippen molar-refractivity contribution in [2.24, 2.45) is 0 Å². The zero-order valence-electron chi connectivity index (χ0n) is 19.6. The molecule has 1 atom stereocenters. The molecule has 0 saturated carbocycles. The van der Waals surface area contributed by atoms with Crippen molar-refractivity contribution in [1.82, 2.24) is 14.9 Å². The van der Waals surface area contributed by atoms with Gasteiger partial charge < -0.3 is 20.5 Å². The van der Waals surface area contributed by atoms with Gasteiger partial charge in [0.15, 0.2) is 10.7 Å². The number of nitrogens with zero attached hydrogens (tertiary/aromatic N) is 3. The lowest BCUT2D eigenvalue weighted by Crippen LogP contribution is -2.32. The molecule has 3 N–H and O–H groups in total. The molecule has 0 amide bonds. The number of nitrogens with two attached hydrogens (primary N) is 1. The fourth-order valence-corrected chi connectivity index (χ4v) is 5.14. The summed E-state index contributed by atoms with van der Waals surface area (Å²) < 4.78 is 10.6. The number of likely N-dealkylation sites (tertiary alicyclic amines) is 1. The van der Waals surface area contributed by atoms with E-state index in [1.54, 1.807) is 26.4 Å². The minimum absolute atomic E-state index is 0.303. The molecule has 0 radical (unpaired) electrons. The second-order valence-corrected chi connectivity index (χ2v) is 9.26. The van der Waals surface area contributed by atoms with Crippen molar-refractivity contribution in [2.75, 3.05) is 37.9 Å². The van der Waals surface area contributed by atoms with E-state index < -0.39 is 0 Å². The Hall–Kier alpha value is -3.01. The largest absolute Gasteiger partial charge is 0.462 e. The predicted octanol–water partition coefficient (Wildman–Crippen LogP) is 4.19. The van der Waals surface area contributed by atoms with Gasteiger partial charge in [-0.2, -0.15) is 0 Å². The van der Waals surface area contributed by atoms with E-state index in [9.17, 15) is 4.79 Å². The molecule has 3 heterocycles. The molecule has 2 aromatic heterocycles. The van der Waals surface area contributed by atoms with Crippen LogP contribution < -0.4 is 11.1 Å². The minimum Gasteiger partial charge on any atom is -0.462 e. The molecule has 1 saturated heterocycles. The van der Waals surface area contributed by atoms with Crippen molar-refractivity contribution in [3.8, 4) is 10.6 Å². The first-order valence-corrected chi connectivity index (χ1v) is 12.3. The van der Waals surface area contributed by atoms with Gasteiger partial charge in [-0.15, -0.1) is 11.3 Å². The molecule has 8 nitrogen and oxygen atoms in total. The highest BCUT2D eigenvalue weighted by Crippen LogP contribution is 2.32. The van der Waals surface area contributed by atoms with Crippen LogP contribution in [0.15, 0.2) is 42.7 Å². The Bertz CT molecular complexity index is 1110. The SMILES string of the molecule is CCOC(=O)c1sc(-c2ccncc2)nc1NCc1ccc(CN2CCC[C@@H]2COC)cc1N. The summed E-state index contributed by atoms with van der Waals surface area (Å²) in [6.07, 6.45) is 5.78. The van der Waals surface area contributed by atoms with E-state index in [4.69, 9.17) is 15.2 Å². The summed E-state index contributed by atoms with van der Waals surface area (Å²) in [7, 11) is 1.76. The Morgan fingerprint density at radius 3 is 2.85 bits per heavy atom. The number of anilines is 2. The van der Waals surface area contributed by atoms with Gasteiger partial charge in [-0.05, 0) is 55.6 Å². The van der Waals surface area contributed by atoms with Gasteiger partial charge in [-0.1, -0.05) is 12.1 Å². The number of carbonyl (C=O) groups excluding carboxylic acids is 1. The fourth-order valence-electron chi connectivity index (χ4n) is 4.19. The average Bonchev–Trinajstić information content (AvgIpc) is 3.47. The molecule has 0 aliphatic carbocycles. The van der Waals surface area contributed by atoms with E-state index in [2.05, 4.69) is 26.3 Å². The lowest BCUT2D eigenvalue weighted by Gasteiger charge is -2.24. The topological polar surface area (TPSA) is 103 Å². The molecule has 34 heavy (non-hydrogen) atoms. The van der Waals surface area contributed by atoms with Gasteiger partial charge in [-0.3, -0.25) is 9.88 Å². The van der Waals surface area contributed by atoms with Crippen LogP contribution in [0.4, 0.5) is 11.5 Å². The summed E-state index contributed by atoms with van der Waals surface area (Å²) in [5.41, 5.74) is 10.1. The van der Waals surface area contributed by atoms with E-state index in [1.165, 1.54) is 29.7 Å². The number of rotatable bonds is 10. The summed E-state index contributed by atoms with van der Waals surface area (Å²) in [6, 6.07) is 10.4. The first kappa shape index (κ1) is 24.1. The van der Waals surface area contributed by atoms with Crippen LogP contribution in [-0.2, 0) is 22.6 Å². The van der Waals surface area contributed by atoms with Gasteiger partial charge in [0.25, 0.3) is 0 Å². The van der Waals surface area contributed by atoms with E-state index in [-0.39, 0.29) is 5.97 Å². The maximum absolute atomic E-state index is 12.5. The Kier molecular flexibility index (Phi) is 8.10. The van der Waals surface area contributed by atoms with E-state index in [0.717, 1.165) is 41.5 Å². The van der Waals surface area contributed by atoms with Crippen molar-refractivity contribution in [3.63, 3.8) is 0 Å². The summed E-state index contributed by atoms with van der Waals surface area (Å²) in [5.74, 6) is 0.112. The van der Waals surface area contributed by atoms with Crippen LogP contribution in [0.25, 0.3) is 10.6 Å². The monoisotopic (exact) mass is 481 g/mol. The number of aromatic nitrogens is 2. The highest BCUT2D eigenvalue weighted by Gasteiger charge is 2.24. The first-order chi connectivity index (χ1) is 16.6. The number of hydrogen-bond acceptors (Lipinski definition) is 9. The highest BCUT2D eigenvalue weighted by molar-refractivity contribution is 7.17. The third-order valence-corrected chi connectivity index (χ3v) is 7.00. The van der Waals surface area contributed by atoms with Crippen LogP contribution in [0.1, 0.15) is 40.6 Å². The summed E-state index contributed by atoms with van der Waals surface area (Å²) in [5, 5.41) is 4.02. The number of methoxy groups -OCH3 is 1. The summed E-state index contributed by atoms with van der Waals surface area (Å²) >= 11 is 1.30. The summed E-state index contributed by atoms with van der Waals surface area (Å²) in [4.78, 5) is 24.1. The van der Waals surface area contributed by atoms with Crippen LogP contribution in [0.2, 0.25) is 0 Å². The lowest BCUT2D eigenvalue weighted by atomic mass is 10.1. The van der Waals surface area contributed by atoms with Gasteiger partial charge in [0.2, 0.25) is 0 Å². The second-order valence-electron chi connectivity index (χ2n) is 8.26. The predicted molar refractivity (Wildman–Crippen MR) is 135 cm³/mol. The number of benzene rings is 1. The van der Waals surface area contributed by atoms with Crippen LogP contribution in [0, 0.1) is 0 Å². The number of esters is 1. The molecule has 0 spiro atoms. The van der Waals surface area contributed by atoms with Crippen LogP contribution in [0.5, 0.6) is 0 Å². The minimum atomic E-state index is -0.387. The number of hydrogen-bond donors (Lipinski definition) is 2. The number of ether oxygens (including phenoxy) is 2. The van der Waals surface area contributed by atoms with Crippen molar-refractivity contribution in [2.45, 2.75) is 38.9 Å². The van der Waals surface area contributed by atoms with Crippen molar-refractivity contribution >= 4 is 28.8 Å². The average molecular weight is 482 g/mol. The molecule has 4 rings (SSSR count). The third-order valence-electron chi connectivity index (χ3n) is 5.92. The van der Waals surface area contributed by atoms with Crippen molar-refractivity contribution in [3.05, 3.63) is 58.7 Å². The fraction of sp³-hybridized carbons (Fsp3) is 0.400. The molecule has 0 bridgehead atoms. The smallest absolute Gasteiger partial charge is 0.352 e. The number of pyridine rings is 1. The molecule has 3 aromatic rings. The molecule has 9 heteroatoms. The van der Waals surface area contributed by atoms with E-state index in [1.807, 2.05) is 24.3 Å². The van der Waals surface area contributed by atoms with Gasteiger partial charge >= 0.3 is 5.97 Å².